The molecule has 0 radical (unpaired) electrons. The van der Waals surface area contributed by atoms with Gasteiger partial charge in [0.15, 0.2) is 5.79 Å². The lowest BCUT2D eigenvalue weighted by Crippen LogP contribution is -2.48. The highest BCUT2D eigenvalue weighted by molar-refractivity contribution is 5.37. The van der Waals surface area contributed by atoms with Crippen LogP contribution in [0.5, 0.6) is 0 Å². The zero-order valence-electron chi connectivity index (χ0n) is 25.2. The quantitative estimate of drug-likeness (QED) is 0.134. The van der Waals surface area contributed by atoms with Crippen molar-refractivity contribution < 1.29 is 39.0 Å². The van der Waals surface area contributed by atoms with Crippen molar-refractivity contribution in [2.24, 2.45) is 23.7 Å². The predicted molar refractivity (Wildman–Crippen MR) is 153 cm³/mol. The summed E-state index contributed by atoms with van der Waals surface area (Å²) in [5, 5.41) is 20.4. The molecule has 9 atom stereocenters. The van der Waals surface area contributed by atoms with Crippen LogP contribution in [-0.4, -0.2) is 66.4 Å². The minimum Gasteiger partial charge on any atom is -0.464 e. The number of fused-ring (bicyclic) bond motifs is 1. The molecule has 0 spiro atoms. The maximum atomic E-state index is 11.1. The predicted octanol–water partition coefficient (Wildman–Crippen LogP) is 5.77. The molecule has 2 N–H and O–H groups in total. The Morgan fingerprint density at radius 2 is 2.02 bits per heavy atom. The molecule has 3 rings (SSSR count). The van der Waals surface area contributed by atoms with Gasteiger partial charge in [0.2, 0.25) is 0 Å². The Balaban J connectivity index is 1.60. The third-order valence-corrected chi connectivity index (χ3v) is 8.77. The van der Waals surface area contributed by atoms with E-state index in [9.17, 15) is 15.2 Å². The molecule has 40 heavy (non-hydrogen) atoms. The van der Waals surface area contributed by atoms with Crippen LogP contribution in [0.15, 0.2) is 47.1 Å². The van der Waals surface area contributed by atoms with Crippen molar-refractivity contribution in [3.63, 3.8) is 0 Å². The van der Waals surface area contributed by atoms with Gasteiger partial charge in [-0.1, -0.05) is 51.2 Å². The number of aliphatic hydroxyl groups is 1. The van der Waals surface area contributed by atoms with Gasteiger partial charge in [-0.05, 0) is 69.1 Å². The Labute approximate surface area is 240 Å². The van der Waals surface area contributed by atoms with Crippen molar-refractivity contribution in [3.05, 3.63) is 47.1 Å². The zero-order valence-corrected chi connectivity index (χ0v) is 25.2. The zero-order chi connectivity index (χ0) is 29.4. The highest BCUT2D eigenvalue weighted by atomic mass is 17.1. The average molecular weight is 563 g/mol. The summed E-state index contributed by atoms with van der Waals surface area (Å²) in [6.07, 6.45) is 11.3. The van der Waals surface area contributed by atoms with Gasteiger partial charge in [-0.2, -0.15) is 0 Å². The molecule has 0 saturated carbocycles. The van der Waals surface area contributed by atoms with Gasteiger partial charge in [-0.15, -0.1) is 0 Å². The second kappa shape index (κ2) is 14.9. The Bertz CT molecular complexity index is 953. The number of hydrogen-bond donors (Lipinski definition) is 2. The molecule has 0 amide bonds. The molecule has 2 heterocycles. The first-order chi connectivity index (χ1) is 19.0. The smallest absolute Gasteiger partial charge is 0.293 e. The fraction of sp³-hybridized carbons (Fsp3) is 0.719. The molecule has 2 saturated heterocycles. The lowest BCUT2D eigenvalue weighted by Gasteiger charge is -2.43. The van der Waals surface area contributed by atoms with E-state index in [1.54, 1.807) is 0 Å². The summed E-state index contributed by atoms with van der Waals surface area (Å²) in [6.45, 7) is 15.6. The van der Waals surface area contributed by atoms with Crippen LogP contribution in [0.3, 0.4) is 0 Å². The van der Waals surface area contributed by atoms with E-state index in [0.29, 0.717) is 44.9 Å². The highest BCUT2D eigenvalue weighted by Gasteiger charge is 2.41. The van der Waals surface area contributed by atoms with Crippen molar-refractivity contribution >= 4 is 6.47 Å². The summed E-state index contributed by atoms with van der Waals surface area (Å²) in [5.41, 5.74) is 3.07. The maximum absolute atomic E-state index is 11.1. The molecule has 8 heteroatoms. The van der Waals surface area contributed by atoms with E-state index in [1.165, 1.54) is 5.57 Å². The fourth-order valence-electron chi connectivity index (χ4n) is 6.02. The second-order valence-corrected chi connectivity index (χ2v) is 12.3. The first kappa shape index (κ1) is 32.7. The normalized spacial score (nSPS) is 34.9. The van der Waals surface area contributed by atoms with E-state index in [0.717, 1.165) is 17.6 Å². The van der Waals surface area contributed by atoms with E-state index in [-0.39, 0.29) is 42.2 Å². The van der Waals surface area contributed by atoms with Gasteiger partial charge < -0.3 is 24.1 Å². The fourth-order valence-corrected chi connectivity index (χ4v) is 6.02. The Kier molecular flexibility index (Phi) is 12.2. The Hall–Kier alpha value is -1.81. The molecule has 2 fully saturated rings. The van der Waals surface area contributed by atoms with Gasteiger partial charge in [-0.3, -0.25) is 10.1 Å². The third kappa shape index (κ3) is 8.60. The molecule has 3 aliphatic rings. The van der Waals surface area contributed by atoms with Crippen LogP contribution in [-0.2, 0) is 28.6 Å². The molecule has 8 nitrogen and oxygen atoms in total. The molecule has 0 bridgehead atoms. The van der Waals surface area contributed by atoms with Crippen LogP contribution >= 0.6 is 0 Å². The van der Waals surface area contributed by atoms with Crippen molar-refractivity contribution in [3.8, 4) is 0 Å². The molecule has 2 aliphatic heterocycles. The van der Waals surface area contributed by atoms with E-state index >= 15 is 0 Å². The van der Waals surface area contributed by atoms with Crippen LogP contribution in [0.1, 0.15) is 74.1 Å². The van der Waals surface area contributed by atoms with Gasteiger partial charge in [0.05, 0.1) is 31.5 Å². The van der Waals surface area contributed by atoms with Gasteiger partial charge in [0.25, 0.3) is 6.47 Å². The highest BCUT2D eigenvalue weighted by Crippen LogP contribution is 2.39. The summed E-state index contributed by atoms with van der Waals surface area (Å²) < 4.78 is 23.7. The van der Waals surface area contributed by atoms with Gasteiger partial charge in [-0.25, -0.2) is 4.89 Å². The number of ether oxygens (including phenoxy) is 4. The largest absolute Gasteiger partial charge is 0.464 e. The molecular formula is C32H50O8. The van der Waals surface area contributed by atoms with Crippen LogP contribution in [0, 0.1) is 23.7 Å². The maximum Gasteiger partial charge on any atom is 0.293 e. The summed E-state index contributed by atoms with van der Waals surface area (Å²) in [6, 6.07) is 0. The molecule has 0 aromatic rings. The lowest BCUT2D eigenvalue weighted by molar-refractivity contribution is -0.303. The molecule has 1 aliphatic carbocycles. The number of rotatable bonds is 12. The van der Waals surface area contributed by atoms with Gasteiger partial charge >= 0.3 is 0 Å². The monoisotopic (exact) mass is 562 g/mol. The molecule has 226 valence electrons. The minimum absolute atomic E-state index is 0.00321. The second-order valence-electron chi connectivity index (χ2n) is 12.3. The topological polar surface area (TPSA) is 104 Å². The number of aliphatic hydroxyl groups excluding tert-OH is 1. The molecule has 7 unspecified atom stereocenters. The van der Waals surface area contributed by atoms with Crippen molar-refractivity contribution in [2.75, 3.05) is 13.2 Å². The molecular weight excluding hydrogens is 512 g/mol. The summed E-state index contributed by atoms with van der Waals surface area (Å²) >= 11 is 0. The number of carbonyl (C=O) groups excluding carboxylic acids is 1. The van der Waals surface area contributed by atoms with Crippen LogP contribution in [0.25, 0.3) is 0 Å². The Morgan fingerprint density at radius 1 is 1.27 bits per heavy atom. The molecule has 0 aromatic carbocycles. The van der Waals surface area contributed by atoms with Crippen LogP contribution in [0.4, 0.5) is 0 Å². The van der Waals surface area contributed by atoms with E-state index in [2.05, 4.69) is 26.0 Å². The van der Waals surface area contributed by atoms with E-state index in [4.69, 9.17) is 23.8 Å². The van der Waals surface area contributed by atoms with Crippen LogP contribution in [0.2, 0.25) is 0 Å². The van der Waals surface area contributed by atoms with Crippen molar-refractivity contribution in [1.82, 2.24) is 0 Å². The third-order valence-electron chi connectivity index (χ3n) is 8.77. The summed E-state index contributed by atoms with van der Waals surface area (Å²) in [5.74, 6) is -0.259. The minimum atomic E-state index is -0.845. The SMILES string of the molecule is CC1=CCC2/C(=C/C=C/[C@H](C)[C@H](O)/C(C)=C/CC3CC(OC=O)CC(C)(OC(C)C(C)C)O3)COCC2C1OO. The van der Waals surface area contributed by atoms with E-state index in [1.807, 2.05) is 52.8 Å². The number of allylic oxidation sites excluding steroid dienone is 3. The number of carbonyl (C=O) groups is 1. The summed E-state index contributed by atoms with van der Waals surface area (Å²) in [4.78, 5) is 15.8. The average Bonchev–Trinajstić information content (AvgIpc) is 2.90. The first-order valence-corrected chi connectivity index (χ1v) is 14.7. The Morgan fingerprint density at radius 3 is 2.70 bits per heavy atom. The first-order valence-electron chi connectivity index (χ1n) is 14.7. The lowest BCUT2D eigenvalue weighted by atomic mass is 9.73. The summed E-state index contributed by atoms with van der Waals surface area (Å²) in [7, 11) is 0. The van der Waals surface area contributed by atoms with E-state index < -0.39 is 11.9 Å². The molecule has 0 aromatic heterocycles. The van der Waals surface area contributed by atoms with Crippen LogP contribution < -0.4 is 0 Å². The van der Waals surface area contributed by atoms with Crippen molar-refractivity contribution in [2.45, 2.75) is 110 Å². The van der Waals surface area contributed by atoms with Crippen molar-refractivity contribution in [1.29, 1.82) is 0 Å². The van der Waals surface area contributed by atoms with Gasteiger partial charge in [0.1, 0.15) is 12.2 Å². The standard InChI is InChI=1S/C32H50O8/c1-20(2)24(6)38-32(7)16-27(37-19-33)15-26(39-32)13-11-22(4)30(34)21(3)9-8-10-25-17-36-18-29-28(25)14-12-23(5)31(29)40-35/h8-12,19-21,24,26-31,34-35H,13-18H2,1-7H3/b9-8+,22-11+,25-10+/t21-,24?,26?,27?,28?,29?,30-,31?,32?/m0/s1. The van der Waals surface area contributed by atoms with Gasteiger partial charge in [0, 0.05) is 24.7 Å². The number of hydrogen-bond acceptors (Lipinski definition) is 8.